The Morgan fingerprint density at radius 2 is 1.78 bits per heavy atom. The number of ether oxygens (including phenoxy) is 1. The van der Waals surface area contributed by atoms with E-state index in [0.29, 0.717) is 28.3 Å². The summed E-state index contributed by atoms with van der Waals surface area (Å²) in [5.41, 5.74) is 1.37. The Morgan fingerprint density at radius 3 is 2.41 bits per heavy atom. The first-order valence-electron chi connectivity index (χ1n) is 10.5. The smallest absolute Gasteiger partial charge is 0.338 e. The van der Waals surface area contributed by atoms with Crippen LogP contribution in [-0.2, 0) is 25.7 Å². The van der Waals surface area contributed by atoms with Crippen LogP contribution < -0.4 is 4.90 Å². The molecule has 1 atom stereocenters. The highest BCUT2D eigenvalue weighted by Gasteiger charge is 2.44. The minimum atomic E-state index is -0.914. The zero-order chi connectivity index (χ0) is 23.3. The van der Waals surface area contributed by atoms with Gasteiger partial charge in [-0.05, 0) is 49.2 Å². The normalized spacial score (nSPS) is 15.7. The molecular weight excluding hydrogens is 432 g/mol. The third-order valence-corrected chi connectivity index (χ3v) is 5.59. The van der Waals surface area contributed by atoms with Gasteiger partial charge in [0.2, 0.25) is 11.8 Å². The molecule has 0 aromatic heterocycles. The Kier molecular flexibility index (Phi) is 7.64. The van der Waals surface area contributed by atoms with Crippen LogP contribution in [0.4, 0.5) is 5.69 Å². The summed E-state index contributed by atoms with van der Waals surface area (Å²) in [6.07, 6.45) is 0.765. The van der Waals surface area contributed by atoms with E-state index in [1.165, 1.54) is 29.2 Å². The molecule has 0 radical (unpaired) electrons. The van der Waals surface area contributed by atoms with E-state index in [1.54, 1.807) is 25.1 Å². The second kappa shape index (κ2) is 10.4. The average Bonchev–Trinajstić information content (AvgIpc) is 3.07. The van der Waals surface area contributed by atoms with Crippen LogP contribution in [0.5, 0.6) is 0 Å². The van der Waals surface area contributed by atoms with E-state index in [0.717, 1.165) is 4.90 Å². The molecule has 0 N–H and O–H groups in total. The van der Waals surface area contributed by atoms with Gasteiger partial charge in [-0.1, -0.05) is 36.7 Å². The number of imide groups is 1. The van der Waals surface area contributed by atoms with Crippen molar-refractivity contribution in [3.05, 3.63) is 64.7 Å². The van der Waals surface area contributed by atoms with Gasteiger partial charge in [-0.15, -0.1) is 0 Å². The number of hydrogen-bond acceptors (Lipinski definition) is 5. The number of carbonyl (C=O) groups is 4. The zero-order valence-corrected chi connectivity index (χ0v) is 18.8. The fraction of sp³-hybridized carbons (Fsp3) is 0.333. The first-order valence-corrected chi connectivity index (χ1v) is 10.9. The van der Waals surface area contributed by atoms with Crippen molar-refractivity contribution >= 4 is 41.0 Å². The van der Waals surface area contributed by atoms with Gasteiger partial charge in [-0.2, -0.15) is 0 Å². The summed E-state index contributed by atoms with van der Waals surface area (Å²) in [4.78, 5) is 53.3. The van der Waals surface area contributed by atoms with Crippen LogP contribution in [0.3, 0.4) is 0 Å². The van der Waals surface area contributed by atoms with Crippen molar-refractivity contribution in [2.24, 2.45) is 0 Å². The van der Waals surface area contributed by atoms with Gasteiger partial charge in [0.25, 0.3) is 5.91 Å². The van der Waals surface area contributed by atoms with Crippen molar-refractivity contribution < 1.29 is 23.9 Å². The minimum Gasteiger partial charge on any atom is -0.462 e. The Labute approximate surface area is 191 Å². The van der Waals surface area contributed by atoms with Gasteiger partial charge in [-0.25, -0.2) is 9.69 Å². The molecule has 0 saturated carbocycles. The number of benzene rings is 2. The monoisotopic (exact) mass is 456 g/mol. The number of amides is 3. The molecule has 0 spiro atoms. The van der Waals surface area contributed by atoms with E-state index >= 15 is 0 Å². The average molecular weight is 457 g/mol. The summed E-state index contributed by atoms with van der Waals surface area (Å²) in [7, 11) is 0. The van der Waals surface area contributed by atoms with Gasteiger partial charge >= 0.3 is 5.97 Å². The number of carbonyl (C=O) groups excluding carboxylic acids is 4. The molecule has 7 nitrogen and oxygen atoms in total. The quantitative estimate of drug-likeness (QED) is 0.443. The predicted octanol–water partition coefficient (Wildman–Crippen LogP) is 3.98. The topological polar surface area (TPSA) is 84.0 Å². The SMILES string of the molecule is CCCC(=O)N(Cc1ccccc1Cl)C1CC(=O)N(c2ccc(C(=O)OCC)cc2)C1=O. The lowest BCUT2D eigenvalue weighted by Gasteiger charge is -2.28. The summed E-state index contributed by atoms with van der Waals surface area (Å²) >= 11 is 6.27. The highest BCUT2D eigenvalue weighted by Crippen LogP contribution is 2.29. The van der Waals surface area contributed by atoms with Crippen molar-refractivity contribution in [2.45, 2.75) is 45.7 Å². The van der Waals surface area contributed by atoms with E-state index in [1.807, 2.05) is 13.0 Å². The van der Waals surface area contributed by atoms with E-state index in [2.05, 4.69) is 0 Å². The zero-order valence-electron chi connectivity index (χ0n) is 18.0. The molecule has 2 aromatic rings. The minimum absolute atomic E-state index is 0.113. The number of esters is 1. The lowest BCUT2D eigenvalue weighted by molar-refractivity contribution is -0.139. The Morgan fingerprint density at radius 1 is 1.09 bits per heavy atom. The molecule has 2 aromatic carbocycles. The van der Waals surface area contributed by atoms with Crippen molar-refractivity contribution in [3.8, 4) is 0 Å². The van der Waals surface area contributed by atoms with Crippen LogP contribution in [0.2, 0.25) is 5.02 Å². The number of rotatable bonds is 8. The van der Waals surface area contributed by atoms with Crippen LogP contribution in [0.25, 0.3) is 0 Å². The molecule has 3 amide bonds. The van der Waals surface area contributed by atoms with Crippen molar-refractivity contribution in [1.82, 2.24) is 4.90 Å². The second-order valence-electron chi connectivity index (χ2n) is 7.42. The van der Waals surface area contributed by atoms with Crippen LogP contribution in [0, 0.1) is 0 Å². The second-order valence-corrected chi connectivity index (χ2v) is 7.82. The van der Waals surface area contributed by atoms with E-state index < -0.39 is 23.8 Å². The molecule has 1 aliphatic rings. The van der Waals surface area contributed by atoms with Gasteiger partial charge in [-0.3, -0.25) is 14.4 Å². The van der Waals surface area contributed by atoms with Crippen molar-refractivity contribution in [3.63, 3.8) is 0 Å². The Hall–Kier alpha value is -3.19. The standard InChI is InChI=1S/C24H25ClN2O5/c1-3-7-21(28)26(15-17-8-5-6-9-19(17)25)20-14-22(29)27(23(20)30)18-12-10-16(11-13-18)24(31)32-4-2/h5-6,8-13,20H,3-4,7,14-15H2,1-2H3. The fourth-order valence-electron chi connectivity index (χ4n) is 3.63. The van der Waals surface area contributed by atoms with Crippen LogP contribution >= 0.6 is 11.6 Å². The summed E-state index contributed by atoms with van der Waals surface area (Å²) in [5, 5.41) is 0.491. The number of anilines is 1. The number of halogens is 1. The van der Waals surface area contributed by atoms with Gasteiger partial charge in [0.1, 0.15) is 6.04 Å². The first-order chi connectivity index (χ1) is 15.4. The Bertz CT molecular complexity index is 1020. The Balaban J connectivity index is 1.86. The molecular formula is C24H25ClN2O5. The molecule has 32 heavy (non-hydrogen) atoms. The van der Waals surface area contributed by atoms with Crippen LogP contribution in [0.1, 0.15) is 49.0 Å². The molecule has 8 heteroatoms. The molecule has 1 fully saturated rings. The largest absolute Gasteiger partial charge is 0.462 e. The number of hydrogen-bond donors (Lipinski definition) is 0. The molecule has 3 rings (SSSR count). The molecule has 168 valence electrons. The van der Waals surface area contributed by atoms with E-state index in [4.69, 9.17) is 16.3 Å². The molecule has 1 saturated heterocycles. The highest BCUT2D eigenvalue weighted by molar-refractivity contribution is 6.31. The summed E-state index contributed by atoms with van der Waals surface area (Å²) < 4.78 is 4.96. The third kappa shape index (κ3) is 4.99. The molecule has 1 unspecified atom stereocenters. The molecule has 1 aliphatic heterocycles. The van der Waals surface area contributed by atoms with E-state index in [9.17, 15) is 19.2 Å². The van der Waals surface area contributed by atoms with Gasteiger partial charge in [0, 0.05) is 18.0 Å². The van der Waals surface area contributed by atoms with Crippen LogP contribution in [0.15, 0.2) is 48.5 Å². The van der Waals surface area contributed by atoms with Gasteiger partial charge < -0.3 is 9.64 Å². The molecule has 0 bridgehead atoms. The predicted molar refractivity (Wildman–Crippen MR) is 120 cm³/mol. The van der Waals surface area contributed by atoms with Gasteiger partial charge in [0.05, 0.1) is 24.3 Å². The molecule has 1 heterocycles. The maximum Gasteiger partial charge on any atom is 0.338 e. The lowest BCUT2D eigenvalue weighted by atomic mass is 10.1. The number of nitrogens with zero attached hydrogens (tertiary/aromatic N) is 2. The summed E-state index contributed by atoms with van der Waals surface area (Å²) in [6.45, 7) is 3.98. The third-order valence-electron chi connectivity index (χ3n) is 5.22. The van der Waals surface area contributed by atoms with Crippen molar-refractivity contribution in [1.29, 1.82) is 0 Å². The lowest BCUT2D eigenvalue weighted by Crippen LogP contribution is -2.45. The van der Waals surface area contributed by atoms with Crippen molar-refractivity contribution in [2.75, 3.05) is 11.5 Å². The van der Waals surface area contributed by atoms with Gasteiger partial charge in [0.15, 0.2) is 0 Å². The van der Waals surface area contributed by atoms with Crippen LogP contribution in [-0.4, -0.2) is 41.2 Å². The van der Waals surface area contributed by atoms with E-state index in [-0.39, 0.29) is 31.9 Å². The summed E-state index contributed by atoms with van der Waals surface area (Å²) in [5.74, 6) is -1.57. The highest BCUT2D eigenvalue weighted by atomic mass is 35.5. The molecule has 0 aliphatic carbocycles. The first kappa shape index (κ1) is 23.5. The fourth-order valence-corrected chi connectivity index (χ4v) is 3.83. The maximum absolute atomic E-state index is 13.2. The summed E-state index contributed by atoms with van der Waals surface area (Å²) in [6, 6.07) is 12.3. The maximum atomic E-state index is 13.2.